The van der Waals surface area contributed by atoms with Gasteiger partial charge in [-0.2, -0.15) is 13.2 Å². The van der Waals surface area contributed by atoms with Gasteiger partial charge in [0, 0.05) is 38.6 Å². The Labute approximate surface area is 154 Å². The molecule has 1 unspecified atom stereocenters. The number of imidazole rings is 1. The Morgan fingerprint density at radius 2 is 1.96 bits per heavy atom. The quantitative estimate of drug-likeness (QED) is 0.823. The van der Waals surface area contributed by atoms with Gasteiger partial charge in [-0.25, -0.2) is 4.98 Å². The highest BCUT2D eigenvalue weighted by molar-refractivity contribution is 5.81. The summed E-state index contributed by atoms with van der Waals surface area (Å²) < 4.78 is 52.1. The van der Waals surface area contributed by atoms with Crippen LogP contribution in [0, 0.1) is 0 Å². The molecule has 1 atom stereocenters. The van der Waals surface area contributed by atoms with Crippen LogP contribution in [0.2, 0.25) is 0 Å². The molecule has 7 nitrogen and oxygen atoms in total. The number of aromatic nitrogens is 2. The number of piperidine rings is 1. The summed E-state index contributed by atoms with van der Waals surface area (Å²) in [6, 6.07) is 0. The van der Waals surface area contributed by atoms with Crippen molar-refractivity contribution in [1.29, 1.82) is 0 Å². The summed E-state index contributed by atoms with van der Waals surface area (Å²) in [5.74, 6) is -0.979. The second kappa shape index (κ2) is 7.40. The first-order valence-electron chi connectivity index (χ1n) is 9.30. The second-order valence-electron chi connectivity index (χ2n) is 7.13. The third kappa shape index (κ3) is 3.70. The Morgan fingerprint density at radius 3 is 2.63 bits per heavy atom. The second-order valence-corrected chi connectivity index (χ2v) is 7.13. The first-order valence-corrected chi connectivity index (χ1v) is 9.30. The predicted octanol–water partition coefficient (Wildman–Crippen LogP) is 1.13. The predicted molar refractivity (Wildman–Crippen MR) is 88.0 cm³/mol. The fourth-order valence-electron chi connectivity index (χ4n) is 4.08. The van der Waals surface area contributed by atoms with Crippen molar-refractivity contribution in [3.63, 3.8) is 0 Å². The van der Waals surface area contributed by atoms with E-state index >= 15 is 0 Å². The lowest BCUT2D eigenvalue weighted by atomic mass is 9.91. The Morgan fingerprint density at radius 1 is 1.19 bits per heavy atom. The number of halogens is 3. The molecule has 0 radical (unpaired) electrons. The molecule has 0 bridgehead atoms. The van der Waals surface area contributed by atoms with E-state index in [2.05, 4.69) is 10.3 Å². The smallest absolute Gasteiger partial charge is 0.376 e. The third-order valence-electron chi connectivity index (χ3n) is 5.45. The van der Waals surface area contributed by atoms with E-state index < -0.39 is 18.1 Å². The maximum Gasteiger partial charge on any atom is 0.449 e. The Hall–Kier alpha value is -1.65. The van der Waals surface area contributed by atoms with Gasteiger partial charge in [0.2, 0.25) is 5.82 Å². The molecule has 2 fully saturated rings. The van der Waals surface area contributed by atoms with E-state index in [0.717, 1.165) is 0 Å². The van der Waals surface area contributed by atoms with E-state index in [4.69, 9.17) is 9.47 Å². The van der Waals surface area contributed by atoms with E-state index in [1.165, 1.54) is 4.57 Å². The number of nitrogens with zero attached hydrogens (tertiary/aromatic N) is 3. The highest BCUT2D eigenvalue weighted by atomic mass is 19.4. The van der Waals surface area contributed by atoms with Crippen LogP contribution in [-0.4, -0.2) is 65.9 Å². The molecule has 3 aliphatic heterocycles. The van der Waals surface area contributed by atoms with Crippen molar-refractivity contribution in [3.8, 4) is 0 Å². The van der Waals surface area contributed by atoms with Gasteiger partial charge in [-0.3, -0.25) is 4.79 Å². The molecule has 0 saturated carbocycles. The Balaban J connectivity index is 1.47. The van der Waals surface area contributed by atoms with Gasteiger partial charge in [0.1, 0.15) is 0 Å². The van der Waals surface area contributed by atoms with Gasteiger partial charge in [-0.15, -0.1) is 0 Å². The van der Waals surface area contributed by atoms with Gasteiger partial charge >= 0.3 is 6.18 Å². The van der Waals surface area contributed by atoms with Crippen molar-refractivity contribution in [2.24, 2.45) is 0 Å². The lowest BCUT2D eigenvalue weighted by molar-refractivity contribution is -0.159. The molecular weight excluding hydrogens is 365 g/mol. The molecule has 27 heavy (non-hydrogen) atoms. The standard InChI is InChI=1S/C17H23F3N4O3/c18-17(19,20)16-22-14(12-9-21-3-6-24(12)16)11-1-4-23(5-2-11)15(25)13-10-26-7-8-27-13/h11,13,21H,1-10H2. The summed E-state index contributed by atoms with van der Waals surface area (Å²) in [5, 5.41) is 3.13. The van der Waals surface area contributed by atoms with Gasteiger partial charge in [0.05, 0.1) is 31.2 Å². The molecule has 4 heterocycles. The summed E-state index contributed by atoms with van der Waals surface area (Å²) >= 11 is 0. The summed E-state index contributed by atoms with van der Waals surface area (Å²) in [5.41, 5.74) is 1.15. The molecule has 2 saturated heterocycles. The molecule has 3 aliphatic rings. The van der Waals surface area contributed by atoms with Crippen molar-refractivity contribution >= 4 is 5.91 Å². The number of nitrogens with one attached hydrogen (secondary N) is 1. The number of likely N-dealkylation sites (tertiary alicyclic amines) is 1. The van der Waals surface area contributed by atoms with Gasteiger partial charge in [-0.05, 0) is 12.8 Å². The zero-order valence-electron chi connectivity index (χ0n) is 14.9. The topological polar surface area (TPSA) is 68.6 Å². The van der Waals surface area contributed by atoms with Crippen LogP contribution in [0.3, 0.4) is 0 Å². The van der Waals surface area contributed by atoms with Gasteiger partial charge in [0.25, 0.3) is 5.91 Å². The molecule has 1 aromatic heterocycles. The monoisotopic (exact) mass is 388 g/mol. The molecule has 4 rings (SSSR count). The number of carbonyl (C=O) groups is 1. The minimum atomic E-state index is -4.46. The lowest BCUT2D eigenvalue weighted by Gasteiger charge is -2.35. The lowest BCUT2D eigenvalue weighted by Crippen LogP contribution is -2.48. The number of alkyl halides is 3. The molecular formula is C17H23F3N4O3. The average molecular weight is 388 g/mol. The summed E-state index contributed by atoms with van der Waals surface area (Å²) in [4.78, 5) is 18.2. The third-order valence-corrected chi connectivity index (χ3v) is 5.45. The van der Waals surface area contributed by atoms with Crippen molar-refractivity contribution in [1.82, 2.24) is 19.8 Å². The van der Waals surface area contributed by atoms with E-state index in [9.17, 15) is 18.0 Å². The van der Waals surface area contributed by atoms with Crippen LogP contribution in [0.15, 0.2) is 0 Å². The first-order chi connectivity index (χ1) is 12.9. The van der Waals surface area contributed by atoms with Gasteiger partial charge in [-0.1, -0.05) is 0 Å². The molecule has 1 aromatic rings. The molecule has 0 aliphatic carbocycles. The SMILES string of the molecule is O=C(C1COCCO1)N1CCC(c2nc(C(F)(F)F)n3c2CNCC3)CC1. The van der Waals surface area contributed by atoms with Crippen molar-refractivity contribution in [2.75, 3.05) is 39.5 Å². The first kappa shape index (κ1) is 18.7. The highest BCUT2D eigenvalue weighted by Gasteiger charge is 2.41. The summed E-state index contributed by atoms with van der Waals surface area (Å²) in [6.07, 6.45) is -3.84. The minimum absolute atomic E-state index is 0.0742. The molecule has 0 aromatic carbocycles. The Bertz CT molecular complexity index is 692. The largest absolute Gasteiger partial charge is 0.449 e. The molecule has 1 amide bonds. The van der Waals surface area contributed by atoms with E-state index in [-0.39, 0.29) is 25.0 Å². The van der Waals surface area contributed by atoms with Gasteiger partial charge in [0.15, 0.2) is 6.10 Å². The van der Waals surface area contributed by atoms with E-state index in [0.29, 0.717) is 63.6 Å². The van der Waals surface area contributed by atoms with Crippen LogP contribution in [0.25, 0.3) is 0 Å². The number of rotatable bonds is 2. The van der Waals surface area contributed by atoms with Gasteiger partial charge < -0.3 is 24.3 Å². The molecule has 0 spiro atoms. The average Bonchev–Trinajstić information content (AvgIpc) is 3.08. The highest BCUT2D eigenvalue weighted by Crippen LogP contribution is 2.36. The fraction of sp³-hybridized carbons (Fsp3) is 0.765. The fourth-order valence-corrected chi connectivity index (χ4v) is 4.08. The van der Waals surface area contributed by atoms with Crippen LogP contribution in [-0.2, 0) is 33.5 Å². The number of amides is 1. The maximum atomic E-state index is 13.3. The van der Waals surface area contributed by atoms with E-state index in [1.54, 1.807) is 4.90 Å². The number of hydrogen-bond donors (Lipinski definition) is 1. The van der Waals surface area contributed by atoms with Crippen LogP contribution < -0.4 is 5.32 Å². The molecule has 10 heteroatoms. The van der Waals surface area contributed by atoms with Crippen molar-refractivity contribution < 1.29 is 27.4 Å². The number of hydrogen-bond acceptors (Lipinski definition) is 5. The maximum absolute atomic E-state index is 13.3. The van der Waals surface area contributed by atoms with Crippen LogP contribution in [0.5, 0.6) is 0 Å². The summed E-state index contributed by atoms with van der Waals surface area (Å²) in [7, 11) is 0. The number of carbonyl (C=O) groups excluding carboxylic acids is 1. The van der Waals surface area contributed by atoms with Crippen molar-refractivity contribution in [2.45, 2.75) is 44.1 Å². The Kier molecular flexibility index (Phi) is 5.13. The number of fused-ring (bicyclic) bond motifs is 1. The zero-order chi connectivity index (χ0) is 19.0. The van der Waals surface area contributed by atoms with Crippen molar-refractivity contribution in [3.05, 3.63) is 17.2 Å². The molecule has 1 N–H and O–H groups in total. The van der Waals surface area contributed by atoms with Crippen LogP contribution in [0.4, 0.5) is 13.2 Å². The molecule has 150 valence electrons. The zero-order valence-corrected chi connectivity index (χ0v) is 14.9. The minimum Gasteiger partial charge on any atom is -0.376 e. The van der Waals surface area contributed by atoms with Crippen LogP contribution >= 0.6 is 0 Å². The van der Waals surface area contributed by atoms with Crippen LogP contribution in [0.1, 0.15) is 36.0 Å². The van der Waals surface area contributed by atoms with E-state index in [1.807, 2.05) is 0 Å². The normalized spacial score (nSPS) is 24.7. The summed E-state index contributed by atoms with van der Waals surface area (Å²) in [6.45, 7) is 3.30. The number of ether oxygens (including phenoxy) is 2.